The third-order valence-electron chi connectivity index (χ3n) is 0. The van der Waals surface area contributed by atoms with E-state index in [4.69, 9.17) is 0 Å². The predicted octanol–water partition coefficient (Wildman–Crippen LogP) is -0.712. The first-order chi connectivity index (χ1) is 0. The first-order valence-electron chi connectivity index (χ1n) is 0. The van der Waals surface area contributed by atoms with E-state index in [9.17, 15) is 0 Å². The molecule has 0 heterocycles. The van der Waals surface area contributed by atoms with Gasteiger partial charge in [-0.2, -0.15) is 0 Å². The Balaban J connectivity index is 0. The second-order valence-corrected chi connectivity index (χ2v) is 0. The van der Waals surface area contributed by atoms with Gasteiger partial charge in [0.25, 0.3) is 0 Å². The van der Waals surface area contributed by atoms with Crippen molar-refractivity contribution in [3.8, 4) is 0 Å². The molecule has 0 aromatic rings. The maximum atomic E-state index is 0. The molecular weight excluding hydrogens is 178 g/mol. The van der Waals surface area contributed by atoms with Crippen LogP contribution in [-0.4, -0.2) is 21.9 Å². The summed E-state index contributed by atoms with van der Waals surface area (Å²) in [5.41, 5.74) is 0. The van der Waals surface area contributed by atoms with Crippen LogP contribution in [-0.2, 0) is 33.6 Å². The summed E-state index contributed by atoms with van der Waals surface area (Å²) in [6, 6.07) is 0. The molecule has 4 nitrogen and oxygen atoms in total. The Bertz CT molecular complexity index is 7.51. The Morgan fingerprint density at radius 3 is 0.500 bits per heavy atom. The second-order valence-electron chi connectivity index (χ2n) is 0. The topological polar surface area (TPSA) is 120 Å². The molecule has 1 radical (unpaired) electrons. The zero-order valence-electron chi connectivity index (χ0n) is 2.48. The maximum Gasteiger partial charge on any atom is 2.00 e. The van der Waals surface area contributed by atoms with Crippen LogP contribution in [0.4, 0.5) is 0 Å². The van der Waals surface area contributed by atoms with Crippen molar-refractivity contribution in [2.45, 2.75) is 0 Å². The summed E-state index contributed by atoms with van der Waals surface area (Å²) in [6.07, 6.45) is 0. The first-order valence-corrected chi connectivity index (χ1v) is 0. The Hall–Kier alpha value is 0.853. The molecule has 45 valence electrons. The van der Waals surface area contributed by atoms with Crippen LogP contribution in [0.15, 0.2) is 0 Å². The fourth-order valence-electron chi connectivity index (χ4n) is 0. The fraction of sp³-hybridized carbons (Fsp3) is 0. The summed E-state index contributed by atoms with van der Waals surface area (Å²) < 4.78 is 0. The molecule has 0 aromatic carbocycles. The van der Waals surface area contributed by atoms with Crippen molar-refractivity contribution in [2.75, 3.05) is 0 Å². The van der Waals surface area contributed by atoms with Crippen LogP contribution in [0.5, 0.6) is 0 Å². The molecule has 0 atom stereocenters. The standard InChI is InChI=1S/Mn.Ni.4H2O/h;;4*1H2/q2*+2;;;;/p-4. The first kappa shape index (κ1) is 323. The molecule has 0 amide bonds. The van der Waals surface area contributed by atoms with E-state index in [0.29, 0.717) is 0 Å². The molecule has 0 unspecified atom stereocenters. The van der Waals surface area contributed by atoms with E-state index >= 15 is 0 Å². The molecule has 0 aromatic heterocycles. The molecule has 0 bridgehead atoms. The van der Waals surface area contributed by atoms with Crippen molar-refractivity contribution in [3.05, 3.63) is 0 Å². The van der Waals surface area contributed by atoms with Gasteiger partial charge in [0.1, 0.15) is 0 Å². The second kappa shape index (κ2) is 189. The molecule has 0 aliphatic carbocycles. The molecule has 0 fully saturated rings. The predicted molar refractivity (Wildman–Crippen MR) is 7.74 cm³/mol. The van der Waals surface area contributed by atoms with Gasteiger partial charge in [0.15, 0.2) is 0 Å². The fourth-order valence-corrected chi connectivity index (χ4v) is 0. The third-order valence-corrected chi connectivity index (χ3v) is 0. The summed E-state index contributed by atoms with van der Waals surface area (Å²) in [5, 5.41) is 0. The molecule has 6 heavy (non-hydrogen) atoms. The molecule has 0 saturated carbocycles. The molecule has 4 N–H and O–H groups in total. The van der Waals surface area contributed by atoms with Crippen LogP contribution in [0.2, 0.25) is 0 Å². The Morgan fingerprint density at radius 2 is 0.500 bits per heavy atom. The van der Waals surface area contributed by atoms with Crippen molar-refractivity contribution >= 4 is 0 Å². The van der Waals surface area contributed by atoms with Crippen LogP contribution < -0.4 is 0 Å². The van der Waals surface area contributed by atoms with Gasteiger partial charge in [-0.05, 0) is 0 Å². The number of hydrogen-bond donors (Lipinski definition) is 0. The Kier molecular flexibility index (Phi) is 10200. The monoisotopic (exact) mass is 181 g/mol. The third kappa shape index (κ3) is 99.0. The molecule has 0 spiro atoms. The molecule has 0 saturated heterocycles. The van der Waals surface area contributed by atoms with Gasteiger partial charge in [0.2, 0.25) is 0 Å². The average Bonchev–Trinajstić information content (AvgIpc) is 0. The molecule has 0 aliphatic rings. The molecule has 0 rings (SSSR count). The zero-order chi connectivity index (χ0) is 0. The zero-order valence-corrected chi connectivity index (χ0v) is 4.65. The van der Waals surface area contributed by atoms with Crippen molar-refractivity contribution < 1.29 is 55.5 Å². The van der Waals surface area contributed by atoms with E-state index in [1.807, 2.05) is 0 Å². The van der Waals surface area contributed by atoms with Gasteiger partial charge in [-0.15, -0.1) is 0 Å². The largest absolute Gasteiger partial charge is 2.00 e. The van der Waals surface area contributed by atoms with Gasteiger partial charge in [-0.1, -0.05) is 0 Å². The van der Waals surface area contributed by atoms with Crippen LogP contribution in [0.25, 0.3) is 0 Å². The smallest absolute Gasteiger partial charge is 0.870 e. The maximum absolute atomic E-state index is 0. The van der Waals surface area contributed by atoms with Crippen LogP contribution in [0.1, 0.15) is 0 Å². The molecule has 0 aliphatic heterocycles. The summed E-state index contributed by atoms with van der Waals surface area (Å²) in [4.78, 5) is 0. The van der Waals surface area contributed by atoms with Gasteiger partial charge >= 0.3 is 33.6 Å². The number of hydrogen-bond acceptors (Lipinski definition) is 4. The van der Waals surface area contributed by atoms with Gasteiger partial charge in [-0.25, -0.2) is 0 Å². The SMILES string of the molecule is [Mn+2].[Ni+2].[OH-].[OH-].[OH-].[OH-]. The van der Waals surface area contributed by atoms with Crippen LogP contribution >= 0.6 is 0 Å². The van der Waals surface area contributed by atoms with Gasteiger partial charge in [0.05, 0.1) is 0 Å². The van der Waals surface area contributed by atoms with E-state index < -0.39 is 0 Å². The van der Waals surface area contributed by atoms with Crippen molar-refractivity contribution in [2.24, 2.45) is 0 Å². The van der Waals surface area contributed by atoms with E-state index in [2.05, 4.69) is 0 Å². The van der Waals surface area contributed by atoms with E-state index in [1.54, 1.807) is 0 Å². The minimum Gasteiger partial charge on any atom is -0.870 e. The van der Waals surface area contributed by atoms with E-state index in [-0.39, 0.29) is 55.5 Å². The average molecular weight is 182 g/mol. The summed E-state index contributed by atoms with van der Waals surface area (Å²) in [5.74, 6) is 0. The van der Waals surface area contributed by atoms with Crippen LogP contribution in [0, 0.1) is 0 Å². The van der Waals surface area contributed by atoms with Crippen molar-refractivity contribution in [3.63, 3.8) is 0 Å². The number of rotatable bonds is 0. The van der Waals surface area contributed by atoms with Gasteiger partial charge in [-0.3, -0.25) is 0 Å². The summed E-state index contributed by atoms with van der Waals surface area (Å²) in [7, 11) is 0. The van der Waals surface area contributed by atoms with Crippen molar-refractivity contribution in [1.82, 2.24) is 0 Å². The van der Waals surface area contributed by atoms with Gasteiger partial charge < -0.3 is 21.9 Å². The quantitative estimate of drug-likeness (QED) is 0.458. The van der Waals surface area contributed by atoms with Gasteiger partial charge in [0, 0.05) is 0 Å². The Labute approximate surface area is 55.9 Å². The summed E-state index contributed by atoms with van der Waals surface area (Å²) >= 11 is 0. The van der Waals surface area contributed by atoms with Crippen molar-refractivity contribution in [1.29, 1.82) is 0 Å². The van der Waals surface area contributed by atoms with E-state index in [1.165, 1.54) is 0 Å². The normalized spacial score (nSPS) is 0. The molecular formula is H4MnNiO4. The minimum atomic E-state index is 0. The summed E-state index contributed by atoms with van der Waals surface area (Å²) in [6.45, 7) is 0. The van der Waals surface area contributed by atoms with E-state index in [0.717, 1.165) is 0 Å². The van der Waals surface area contributed by atoms with Crippen LogP contribution in [0.3, 0.4) is 0 Å². The Morgan fingerprint density at radius 1 is 0.500 bits per heavy atom. The molecule has 6 heteroatoms. The minimum absolute atomic E-state index is 0.